The molecule has 4 N–H and O–H groups in total. The third-order valence-electron chi connectivity index (χ3n) is 5.02. The van der Waals surface area contributed by atoms with E-state index in [1.54, 1.807) is 0 Å². The van der Waals surface area contributed by atoms with Crippen LogP contribution in [0.2, 0.25) is 0 Å². The van der Waals surface area contributed by atoms with Crippen LogP contribution in [0.25, 0.3) is 0 Å². The van der Waals surface area contributed by atoms with Gasteiger partial charge in [0.15, 0.2) is 0 Å². The highest BCUT2D eigenvalue weighted by Gasteiger charge is 2.58. The first-order valence-electron chi connectivity index (χ1n) is 8.77. The van der Waals surface area contributed by atoms with Crippen molar-refractivity contribution in [3.63, 3.8) is 0 Å². The summed E-state index contributed by atoms with van der Waals surface area (Å²) < 4.78 is 46.5. The van der Waals surface area contributed by atoms with Gasteiger partial charge in [-0.3, -0.25) is 14.2 Å². The van der Waals surface area contributed by atoms with E-state index < -0.39 is 34.1 Å². The minimum Gasteiger partial charge on any atom is -0.376 e. The Balaban J connectivity index is 1.62. The Morgan fingerprint density at radius 1 is 1.30 bits per heavy atom. The molecule has 0 spiro atoms. The van der Waals surface area contributed by atoms with E-state index in [-0.39, 0.29) is 38.7 Å². The Labute approximate surface area is 156 Å². The molecule has 3 amide bonds. The molecule has 0 aromatic heterocycles. The monoisotopic (exact) mass is 408 g/mol. The van der Waals surface area contributed by atoms with Crippen molar-refractivity contribution in [1.29, 1.82) is 0 Å². The second-order valence-corrected chi connectivity index (χ2v) is 7.74. The number of nitrogens with one attached hydrogen (secondary N) is 1. The minimum atomic E-state index is -4.87. The molecule has 0 unspecified atom stereocenters. The van der Waals surface area contributed by atoms with E-state index in [1.165, 1.54) is 0 Å². The summed E-state index contributed by atoms with van der Waals surface area (Å²) in [5.74, 6) is -0.857. The number of piperidine rings is 2. The highest BCUT2D eigenvalue weighted by Crippen LogP contribution is 2.38. The summed E-state index contributed by atoms with van der Waals surface area (Å²) in [6.07, 6.45) is 2.18. The minimum absolute atomic E-state index is 0.00750. The van der Waals surface area contributed by atoms with Gasteiger partial charge in [0.25, 0.3) is 5.91 Å². The van der Waals surface area contributed by atoms with Gasteiger partial charge in [-0.05, 0) is 32.4 Å². The van der Waals surface area contributed by atoms with E-state index in [9.17, 15) is 18.0 Å². The molecule has 3 aliphatic heterocycles. The fourth-order valence-electron chi connectivity index (χ4n) is 3.70. The number of hydrogen-bond donors (Lipinski definition) is 3. The summed E-state index contributed by atoms with van der Waals surface area (Å²) in [6, 6.07) is -1.55. The van der Waals surface area contributed by atoms with Crippen LogP contribution in [0.4, 0.5) is 4.79 Å². The zero-order valence-electron chi connectivity index (χ0n) is 14.7. The number of fused-ring (bicyclic) bond motifs is 2. The Kier molecular flexibility index (Phi) is 5.88. The number of carbonyl (C=O) groups is 2. The number of urea groups is 1. The van der Waals surface area contributed by atoms with Crippen LogP contribution in [0, 0.1) is 0 Å². The molecule has 0 aromatic carbocycles. The number of ether oxygens (including phenoxy) is 2. The van der Waals surface area contributed by atoms with Crippen molar-refractivity contribution in [2.45, 2.75) is 43.6 Å². The predicted octanol–water partition coefficient (Wildman–Crippen LogP) is -1.41. The van der Waals surface area contributed by atoms with Gasteiger partial charge in [0.1, 0.15) is 0 Å². The predicted molar refractivity (Wildman–Crippen MR) is 89.3 cm³/mol. The van der Waals surface area contributed by atoms with Crippen molar-refractivity contribution in [2.75, 3.05) is 32.8 Å². The second-order valence-electron chi connectivity index (χ2n) is 6.73. The van der Waals surface area contributed by atoms with E-state index in [1.807, 2.05) is 0 Å². The molecule has 3 rings (SSSR count). The lowest BCUT2D eigenvalue weighted by atomic mass is 9.96. The van der Waals surface area contributed by atoms with Crippen LogP contribution >= 0.6 is 0 Å². The van der Waals surface area contributed by atoms with Crippen LogP contribution < -0.4 is 11.1 Å². The van der Waals surface area contributed by atoms with Gasteiger partial charge in [-0.25, -0.2) is 4.79 Å². The van der Waals surface area contributed by atoms with Crippen LogP contribution in [-0.2, 0) is 29.0 Å². The van der Waals surface area contributed by atoms with Gasteiger partial charge in [0.2, 0.25) is 5.72 Å². The van der Waals surface area contributed by atoms with E-state index in [0.29, 0.717) is 5.06 Å². The topological polar surface area (TPSA) is 161 Å². The summed E-state index contributed by atoms with van der Waals surface area (Å²) >= 11 is 0. The summed E-state index contributed by atoms with van der Waals surface area (Å²) in [6.45, 7) is 2.03. The van der Waals surface area contributed by atoms with E-state index in [4.69, 9.17) is 19.8 Å². The lowest BCUT2D eigenvalue weighted by Crippen LogP contribution is -2.62. The number of rotatable bonds is 8. The number of hydrogen-bond acceptors (Lipinski definition) is 8. The molecular formula is C14H24N4O8S. The van der Waals surface area contributed by atoms with Gasteiger partial charge in [0.05, 0.1) is 25.4 Å². The first-order valence-corrected chi connectivity index (χ1v) is 10.1. The fraction of sp³-hybridized carbons (Fsp3) is 0.857. The molecule has 0 aliphatic carbocycles. The summed E-state index contributed by atoms with van der Waals surface area (Å²) in [5.41, 5.74) is 3.81. The Morgan fingerprint density at radius 2 is 2.00 bits per heavy atom. The second kappa shape index (κ2) is 7.85. The van der Waals surface area contributed by atoms with Crippen LogP contribution in [0.5, 0.6) is 0 Å². The SMILES string of the molecule is NC(=O)[C@@]1(OCCOC2CCNCC2)CC[C@@H]2CN1C(=O)N2OS(=O)(=O)O. The maximum absolute atomic E-state index is 12.5. The number of nitrogens with two attached hydrogens (primary N) is 1. The number of hydroxylamine groups is 2. The first-order chi connectivity index (χ1) is 12.7. The molecular weight excluding hydrogens is 384 g/mol. The van der Waals surface area contributed by atoms with Crippen LogP contribution in [0.15, 0.2) is 0 Å². The average Bonchev–Trinajstić information content (AvgIpc) is 2.86. The number of primary amides is 1. The highest BCUT2D eigenvalue weighted by molar-refractivity contribution is 7.80. The highest BCUT2D eigenvalue weighted by atomic mass is 32.3. The van der Waals surface area contributed by atoms with Gasteiger partial charge in [-0.1, -0.05) is 0 Å². The quantitative estimate of drug-likeness (QED) is 0.323. The molecule has 12 nitrogen and oxygen atoms in total. The lowest BCUT2D eigenvalue weighted by molar-refractivity contribution is -0.178. The molecule has 0 radical (unpaired) electrons. The van der Waals surface area contributed by atoms with Gasteiger partial charge in [-0.2, -0.15) is 13.5 Å². The molecule has 0 saturated carbocycles. The molecule has 2 atom stereocenters. The Bertz CT molecular complexity index is 683. The Morgan fingerprint density at radius 3 is 2.63 bits per heavy atom. The summed E-state index contributed by atoms with van der Waals surface area (Å²) in [5, 5.41) is 3.76. The molecule has 27 heavy (non-hydrogen) atoms. The van der Waals surface area contributed by atoms with Crippen molar-refractivity contribution in [3.05, 3.63) is 0 Å². The van der Waals surface area contributed by atoms with Crippen molar-refractivity contribution in [1.82, 2.24) is 15.3 Å². The zero-order valence-corrected chi connectivity index (χ0v) is 15.5. The lowest BCUT2D eigenvalue weighted by Gasteiger charge is -2.40. The molecule has 3 heterocycles. The van der Waals surface area contributed by atoms with Crippen LogP contribution in [-0.4, -0.2) is 85.6 Å². The van der Waals surface area contributed by atoms with Gasteiger partial charge in [-0.15, -0.1) is 4.28 Å². The average molecular weight is 408 g/mol. The standard InChI is InChI=1S/C14H24N4O8S/c15-12(19)14(25-8-7-24-11-2-5-16-6-3-11)4-1-10-9-17(14)13(20)18(10)26-27(21,22)23/h10-11,16H,1-9H2,(H2,15,19)(H,21,22,23)/t10-,14+/m1/s1. The molecule has 0 aromatic rings. The Hall–Kier alpha value is -1.51. The normalized spacial score (nSPS) is 29.4. The molecule has 2 bridgehead atoms. The molecule has 13 heteroatoms. The van der Waals surface area contributed by atoms with Crippen molar-refractivity contribution >= 4 is 22.3 Å². The smallest absolute Gasteiger partial charge is 0.376 e. The molecule has 3 aliphatic rings. The van der Waals surface area contributed by atoms with Gasteiger partial charge >= 0.3 is 16.4 Å². The number of nitrogens with zero attached hydrogens (tertiary/aromatic N) is 2. The van der Waals surface area contributed by atoms with Gasteiger partial charge < -0.3 is 20.5 Å². The fourth-order valence-corrected chi connectivity index (χ4v) is 4.09. The number of carbonyl (C=O) groups excluding carboxylic acids is 2. The van der Waals surface area contributed by atoms with E-state index in [2.05, 4.69) is 9.60 Å². The van der Waals surface area contributed by atoms with Crippen molar-refractivity contribution in [3.8, 4) is 0 Å². The third-order valence-corrected chi connectivity index (χ3v) is 5.37. The van der Waals surface area contributed by atoms with Gasteiger partial charge in [0, 0.05) is 13.0 Å². The molecule has 3 saturated heterocycles. The van der Waals surface area contributed by atoms with Crippen molar-refractivity contribution in [2.24, 2.45) is 5.73 Å². The van der Waals surface area contributed by atoms with Crippen molar-refractivity contribution < 1.29 is 36.3 Å². The van der Waals surface area contributed by atoms with E-state index >= 15 is 0 Å². The summed E-state index contributed by atoms with van der Waals surface area (Å²) in [7, 11) is -4.87. The van der Waals surface area contributed by atoms with Crippen LogP contribution in [0.3, 0.4) is 0 Å². The van der Waals surface area contributed by atoms with E-state index in [0.717, 1.165) is 30.8 Å². The first kappa shape index (κ1) is 20.2. The van der Waals surface area contributed by atoms with Crippen LogP contribution in [0.1, 0.15) is 25.7 Å². The third kappa shape index (κ3) is 4.33. The summed E-state index contributed by atoms with van der Waals surface area (Å²) in [4.78, 5) is 25.7. The number of amides is 3. The molecule has 3 fully saturated rings. The maximum atomic E-state index is 12.5. The maximum Gasteiger partial charge on any atom is 0.418 e. The zero-order chi connectivity index (χ0) is 19.7. The molecule has 154 valence electrons. The largest absolute Gasteiger partial charge is 0.418 e.